The molecule has 0 atom stereocenters. The molecule has 0 bridgehead atoms. The number of aryl methyl sites for hydroxylation is 2. The summed E-state index contributed by atoms with van der Waals surface area (Å²) in [6.45, 7) is 2.77. The third kappa shape index (κ3) is 4.56. The lowest BCUT2D eigenvalue weighted by Crippen LogP contribution is -2.13. The average molecular weight is 319 g/mol. The average Bonchev–Trinajstić information content (AvgIpc) is 3.01. The van der Waals surface area contributed by atoms with E-state index in [2.05, 4.69) is 35.5 Å². The van der Waals surface area contributed by atoms with Gasteiger partial charge >= 0.3 is 0 Å². The molecular weight excluding hydrogens is 298 g/mol. The van der Waals surface area contributed by atoms with E-state index in [0.717, 1.165) is 12.0 Å². The van der Waals surface area contributed by atoms with Gasteiger partial charge in [-0.1, -0.05) is 60.2 Å². The van der Waals surface area contributed by atoms with Crippen LogP contribution in [0.3, 0.4) is 0 Å². The van der Waals surface area contributed by atoms with Crippen molar-refractivity contribution >= 4 is 11.7 Å². The number of hydrogen-bond donors (Lipinski definition) is 1. The van der Waals surface area contributed by atoms with E-state index in [9.17, 15) is 4.79 Å². The summed E-state index contributed by atoms with van der Waals surface area (Å²) in [6, 6.07) is 20.2. The van der Waals surface area contributed by atoms with Crippen LogP contribution < -0.4 is 5.32 Å². The smallest absolute Gasteiger partial charge is 0.225 e. The normalized spacial score (nSPS) is 10.5. The van der Waals surface area contributed by atoms with Crippen molar-refractivity contribution in [3.8, 4) is 0 Å². The monoisotopic (exact) mass is 319 g/mol. The van der Waals surface area contributed by atoms with Crippen molar-refractivity contribution in [3.05, 3.63) is 83.6 Å². The van der Waals surface area contributed by atoms with Gasteiger partial charge in [-0.15, -0.1) is 0 Å². The Morgan fingerprint density at radius 1 is 1.04 bits per heavy atom. The SMILES string of the molecule is Cc1cccc(Cn2ccc(NC(=O)CCc3ccccc3)n2)c1. The van der Waals surface area contributed by atoms with Gasteiger partial charge in [0, 0.05) is 18.7 Å². The van der Waals surface area contributed by atoms with E-state index in [-0.39, 0.29) is 5.91 Å². The summed E-state index contributed by atoms with van der Waals surface area (Å²) in [5.74, 6) is 0.584. The van der Waals surface area contributed by atoms with Crippen LogP contribution in [0.25, 0.3) is 0 Å². The molecule has 1 amide bonds. The summed E-state index contributed by atoms with van der Waals surface area (Å²) < 4.78 is 1.83. The van der Waals surface area contributed by atoms with Crippen LogP contribution in [-0.4, -0.2) is 15.7 Å². The number of hydrogen-bond acceptors (Lipinski definition) is 2. The fourth-order valence-corrected chi connectivity index (χ4v) is 2.62. The molecule has 2 aromatic carbocycles. The lowest BCUT2D eigenvalue weighted by Gasteiger charge is -2.04. The van der Waals surface area contributed by atoms with Crippen molar-refractivity contribution in [2.24, 2.45) is 0 Å². The molecular formula is C20H21N3O. The highest BCUT2D eigenvalue weighted by molar-refractivity contribution is 5.89. The highest BCUT2D eigenvalue weighted by atomic mass is 16.1. The van der Waals surface area contributed by atoms with Crippen molar-refractivity contribution < 1.29 is 4.79 Å². The Bertz CT molecular complexity index is 809. The molecule has 0 spiro atoms. The summed E-state index contributed by atoms with van der Waals surface area (Å²) in [4.78, 5) is 12.0. The second kappa shape index (κ2) is 7.59. The second-order valence-electron chi connectivity index (χ2n) is 5.92. The Labute approximate surface area is 142 Å². The first kappa shape index (κ1) is 16.0. The fourth-order valence-electron chi connectivity index (χ4n) is 2.62. The van der Waals surface area contributed by atoms with Crippen molar-refractivity contribution in [1.29, 1.82) is 0 Å². The number of anilines is 1. The summed E-state index contributed by atoms with van der Waals surface area (Å²) in [5.41, 5.74) is 3.59. The van der Waals surface area contributed by atoms with Gasteiger partial charge in [0.05, 0.1) is 6.54 Å². The molecule has 4 heteroatoms. The third-order valence-electron chi connectivity index (χ3n) is 3.82. The van der Waals surface area contributed by atoms with Gasteiger partial charge in [-0.2, -0.15) is 5.10 Å². The molecule has 0 fully saturated rings. The van der Waals surface area contributed by atoms with E-state index in [1.54, 1.807) is 0 Å². The lowest BCUT2D eigenvalue weighted by atomic mass is 10.1. The van der Waals surface area contributed by atoms with Crippen LogP contribution in [0.4, 0.5) is 5.82 Å². The van der Waals surface area contributed by atoms with E-state index < -0.39 is 0 Å². The first-order valence-corrected chi connectivity index (χ1v) is 8.12. The van der Waals surface area contributed by atoms with Crippen molar-refractivity contribution in [2.45, 2.75) is 26.3 Å². The molecule has 3 rings (SSSR count). The first-order valence-electron chi connectivity index (χ1n) is 8.12. The van der Waals surface area contributed by atoms with Gasteiger partial charge in [0.1, 0.15) is 0 Å². The van der Waals surface area contributed by atoms with Gasteiger partial charge in [-0.25, -0.2) is 0 Å². The summed E-state index contributed by atoms with van der Waals surface area (Å²) in [5, 5.41) is 7.27. The minimum absolute atomic E-state index is 0.0142. The van der Waals surface area contributed by atoms with Crippen molar-refractivity contribution in [1.82, 2.24) is 9.78 Å². The predicted octanol–water partition coefficient (Wildman–Crippen LogP) is 3.81. The molecule has 0 aliphatic rings. The zero-order chi connectivity index (χ0) is 16.8. The van der Waals surface area contributed by atoms with Crippen LogP contribution in [0.2, 0.25) is 0 Å². The standard InChI is InChI=1S/C20H21N3O/c1-16-6-5-9-18(14-16)15-23-13-12-19(22-23)21-20(24)11-10-17-7-3-2-4-8-17/h2-9,12-14H,10-11,15H2,1H3,(H,21,22,24). The highest BCUT2D eigenvalue weighted by Crippen LogP contribution is 2.09. The molecule has 0 radical (unpaired) electrons. The van der Waals surface area contributed by atoms with Gasteiger partial charge < -0.3 is 5.32 Å². The van der Waals surface area contributed by atoms with E-state index in [1.165, 1.54) is 11.1 Å². The summed E-state index contributed by atoms with van der Waals surface area (Å²) in [6.07, 6.45) is 3.07. The van der Waals surface area contributed by atoms with Crippen LogP contribution in [0, 0.1) is 6.92 Å². The molecule has 122 valence electrons. The number of amides is 1. The minimum Gasteiger partial charge on any atom is -0.309 e. The molecule has 1 N–H and O–H groups in total. The van der Waals surface area contributed by atoms with Crippen LogP contribution in [-0.2, 0) is 17.8 Å². The largest absolute Gasteiger partial charge is 0.309 e. The van der Waals surface area contributed by atoms with E-state index in [4.69, 9.17) is 0 Å². The molecule has 0 aliphatic carbocycles. The third-order valence-corrected chi connectivity index (χ3v) is 3.82. The zero-order valence-corrected chi connectivity index (χ0v) is 13.8. The Morgan fingerprint density at radius 2 is 1.83 bits per heavy atom. The fraction of sp³-hybridized carbons (Fsp3) is 0.200. The lowest BCUT2D eigenvalue weighted by molar-refractivity contribution is -0.116. The number of carbonyl (C=O) groups is 1. The number of benzene rings is 2. The second-order valence-corrected chi connectivity index (χ2v) is 5.92. The first-order chi connectivity index (χ1) is 11.7. The Hall–Kier alpha value is -2.88. The maximum absolute atomic E-state index is 12.0. The van der Waals surface area contributed by atoms with Crippen LogP contribution in [0.15, 0.2) is 66.9 Å². The van der Waals surface area contributed by atoms with Crippen molar-refractivity contribution in [2.75, 3.05) is 5.32 Å². The number of rotatable bonds is 6. The summed E-state index contributed by atoms with van der Waals surface area (Å²) in [7, 11) is 0. The van der Waals surface area contributed by atoms with E-state index >= 15 is 0 Å². The molecule has 1 aromatic heterocycles. The Kier molecular flexibility index (Phi) is 5.06. The maximum atomic E-state index is 12.0. The van der Waals surface area contributed by atoms with Crippen molar-refractivity contribution in [3.63, 3.8) is 0 Å². The van der Waals surface area contributed by atoms with E-state index in [1.807, 2.05) is 53.3 Å². The topological polar surface area (TPSA) is 46.9 Å². The van der Waals surface area contributed by atoms with Gasteiger partial charge in [0.2, 0.25) is 5.91 Å². The number of carbonyl (C=O) groups excluding carboxylic acids is 1. The molecule has 0 saturated carbocycles. The van der Waals surface area contributed by atoms with Crippen LogP contribution in [0.5, 0.6) is 0 Å². The maximum Gasteiger partial charge on any atom is 0.225 e. The zero-order valence-electron chi connectivity index (χ0n) is 13.8. The molecule has 3 aromatic rings. The minimum atomic E-state index is -0.0142. The highest BCUT2D eigenvalue weighted by Gasteiger charge is 2.06. The van der Waals surface area contributed by atoms with Crippen LogP contribution >= 0.6 is 0 Å². The van der Waals surface area contributed by atoms with Gasteiger partial charge in [-0.3, -0.25) is 9.48 Å². The number of aromatic nitrogens is 2. The van der Waals surface area contributed by atoms with Gasteiger partial charge in [-0.05, 0) is 24.5 Å². The Balaban J connectivity index is 1.53. The predicted molar refractivity (Wildman–Crippen MR) is 95.9 cm³/mol. The molecule has 24 heavy (non-hydrogen) atoms. The van der Waals surface area contributed by atoms with Gasteiger partial charge in [0.15, 0.2) is 5.82 Å². The molecule has 4 nitrogen and oxygen atoms in total. The Morgan fingerprint density at radius 3 is 2.62 bits per heavy atom. The number of nitrogens with one attached hydrogen (secondary N) is 1. The number of nitrogens with zero attached hydrogens (tertiary/aromatic N) is 2. The van der Waals surface area contributed by atoms with Crippen LogP contribution in [0.1, 0.15) is 23.1 Å². The van der Waals surface area contributed by atoms with E-state index in [0.29, 0.717) is 18.8 Å². The molecule has 1 heterocycles. The molecule has 0 unspecified atom stereocenters. The molecule has 0 saturated heterocycles. The molecule has 0 aliphatic heterocycles. The quantitative estimate of drug-likeness (QED) is 0.751. The summed E-state index contributed by atoms with van der Waals surface area (Å²) >= 11 is 0. The van der Waals surface area contributed by atoms with Gasteiger partial charge in [0.25, 0.3) is 0 Å².